The lowest BCUT2D eigenvalue weighted by atomic mass is 10.1. The number of hydrogen-bond donors (Lipinski definition) is 4. The standard InChI is InChI=1S/C31H42N6O3/c1-36(2)29(38)22-37(19-7-6-12-26-14-13-24-11-8-17-33-30(24)34-26)20-16-27(31(39)40)35-28-21-25(15-18-32-28)23-9-4-3-5-10-23/h3-5,9-10,13-15,18,21,27,29,38H,6-8,11-12,16-17,19-20,22H2,1-2H3,(H,32,35)(H,33,34)(H,39,40)/t27-,29-/m0/s1. The fourth-order valence-electron chi connectivity index (χ4n) is 4.91. The maximum Gasteiger partial charge on any atom is 0.326 e. The van der Waals surface area contributed by atoms with Crippen molar-refractivity contribution in [1.29, 1.82) is 0 Å². The monoisotopic (exact) mass is 546 g/mol. The highest BCUT2D eigenvalue weighted by Crippen LogP contribution is 2.22. The Bertz CT molecular complexity index is 1220. The van der Waals surface area contributed by atoms with Crippen molar-refractivity contribution in [3.8, 4) is 11.1 Å². The molecule has 9 heteroatoms. The number of unbranched alkanes of at least 4 members (excludes halogenated alkanes) is 1. The number of benzene rings is 1. The molecule has 0 saturated heterocycles. The Morgan fingerprint density at radius 3 is 2.67 bits per heavy atom. The molecule has 0 saturated carbocycles. The van der Waals surface area contributed by atoms with Crippen LogP contribution in [0.1, 0.15) is 36.9 Å². The summed E-state index contributed by atoms with van der Waals surface area (Å²) in [6.07, 6.45) is 6.46. The number of carboxylic acids is 1. The quantitative estimate of drug-likeness (QED) is 0.166. The van der Waals surface area contributed by atoms with Gasteiger partial charge in [0, 0.05) is 31.5 Å². The van der Waals surface area contributed by atoms with Crippen molar-refractivity contribution in [2.24, 2.45) is 0 Å². The molecule has 40 heavy (non-hydrogen) atoms. The Kier molecular flexibility index (Phi) is 10.9. The number of carboxylic acid groups (broad SMARTS) is 1. The topological polar surface area (TPSA) is 114 Å². The van der Waals surface area contributed by atoms with E-state index in [4.69, 9.17) is 4.98 Å². The number of anilines is 2. The number of aliphatic hydroxyl groups excluding tert-OH is 1. The van der Waals surface area contributed by atoms with Gasteiger partial charge in [0.05, 0.1) is 0 Å². The van der Waals surface area contributed by atoms with E-state index in [1.165, 1.54) is 5.56 Å². The van der Waals surface area contributed by atoms with Gasteiger partial charge < -0.3 is 20.8 Å². The molecule has 0 unspecified atom stereocenters. The Morgan fingerprint density at radius 2 is 1.90 bits per heavy atom. The molecule has 1 aliphatic heterocycles. The first-order valence-electron chi connectivity index (χ1n) is 14.2. The second-order valence-electron chi connectivity index (χ2n) is 10.7. The summed E-state index contributed by atoms with van der Waals surface area (Å²) in [4.78, 5) is 25.2. The molecule has 0 spiro atoms. The molecule has 0 fully saturated rings. The van der Waals surface area contributed by atoms with Gasteiger partial charge in [0.2, 0.25) is 0 Å². The van der Waals surface area contributed by atoms with Crippen LogP contribution in [-0.4, -0.2) is 88.5 Å². The zero-order valence-corrected chi connectivity index (χ0v) is 23.6. The molecule has 2 atom stereocenters. The van der Waals surface area contributed by atoms with Gasteiger partial charge in [-0.3, -0.25) is 9.80 Å². The average molecular weight is 547 g/mol. The van der Waals surface area contributed by atoms with Gasteiger partial charge in [0.25, 0.3) is 0 Å². The van der Waals surface area contributed by atoms with E-state index < -0.39 is 18.2 Å². The minimum atomic E-state index is -0.924. The van der Waals surface area contributed by atoms with Crippen LogP contribution in [0, 0.1) is 0 Å². The van der Waals surface area contributed by atoms with Gasteiger partial charge in [-0.15, -0.1) is 0 Å². The Labute approximate surface area is 237 Å². The normalized spacial score (nSPS) is 14.4. The first-order chi connectivity index (χ1) is 19.4. The van der Waals surface area contributed by atoms with Crippen molar-refractivity contribution >= 4 is 17.6 Å². The molecule has 2 aromatic heterocycles. The number of carbonyl (C=O) groups is 1. The molecule has 0 bridgehead atoms. The molecular weight excluding hydrogens is 504 g/mol. The van der Waals surface area contributed by atoms with Gasteiger partial charge in [-0.2, -0.15) is 0 Å². The van der Waals surface area contributed by atoms with Crippen LogP contribution in [0.25, 0.3) is 11.1 Å². The van der Waals surface area contributed by atoms with Crippen LogP contribution in [-0.2, 0) is 17.6 Å². The van der Waals surface area contributed by atoms with Crippen molar-refractivity contribution in [3.63, 3.8) is 0 Å². The number of aliphatic carboxylic acids is 1. The largest absolute Gasteiger partial charge is 0.480 e. The average Bonchev–Trinajstić information content (AvgIpc) is 2.97. The second kappa shape index (κ2) is 14.7. The first kappa shape index (κ1) is 29.5. The Balaban J connectivity index is 1.32. The Hall–Kier alpha value is -3.53. The molecular formula is C31H42N6O3. The highest BCUT2D eigenvalue weighted by molar-refractivity contribution is 5.77. The number of rotatable bonds is 15. The van der Waals surface area contributed by atoms with Crippen LogP contribution in [0.15, 0.2) is 60.8 Å². The fraction of sp³-hybridized carbons (Fsp3) is 0.452. The molecule has 0 aliphatic carbocycles. The van der Waals surface area contributed by atoms with Crippen molar-refractivity contribution in [1.82, 2.24) is 19.8 Å². The highest BCUT2D eigenvalue weighted by Gasteiger charge is 2.21. The van der Waals surface area contributed by atoms with Crippen molar-refractivity contribution < 1.29 is 15.0 Å². The molecule has 214 valence electrons. The summed E-state index contributed by atoms with van der Waals surface area (Å²) in [5, 5.41) is 27.0. The second-order valence-corrected chi connectivity index (χ2v) is 10.7. The molecule has 4 N–H and O–H groups in total. The van der Waals surface area contributed by atoms with Crippen LogP contribution >= 0.6 is 0 Å². The Morgan fingerprint density at radius 1 is 1.07 bits per heavy atom. The zero-order valence-electron chi connectivity index (χ0n) is 23.6. The van der Waals surface area contributed by atoms with E-state index in [9.17, 15) is 15.0 Å². The minimum Gasteiger partial charge on any atom is -0.480 e. The molecule has 4 rings (SSSR count). The number of fused-ring (bicyclic) bond motifs is 1. The minimum absolute atomic E-state index is 0.380. The predicted octanol–water partition coefficient (Wildman–Crippen LogP) is 3.96. The molecule has 9 nitrogen and oxygen atoms in total. The predicted molar refractivity (Wildman–Crippen MR) is 159 cm³/mol. The summed E-state index contributed by atoms with van der Waals surface area (Å²) in [6.45, 7) is 2.73. The highest BCUT2D eigenvalue weighted by atomic mass is 16.4. The van der Waals surface area contributed by atoms with Gasteiger partial charge >= 0.3 is 5.97 Å². The van der Waals surface area contributed by atoms with E-state index in [-0.39, 0.29) is 0 Å². The summed E-state index contributed by atoms with van der Waals surface area (Å²) in [5.74, 6) is 0.628. The molecule has 3 aromatic rings. The molecule has 1 aliphatic rings. The van der Waals surface area contributed by atoms with E-state index in [1.807, 2.05) is 56.6 Å². The van der Waals surface area contributed by atoms with Crippen LogP contribution in [0.2, 0.25) is 0 Å². The van der Waals surface area contributed by atoms with Gasteiger partial charge in [0.15, 0.2) is 0 Å². The molecule has 0 amide bonds. The number of nitrogens with one attached hydrogen (secondary N) is 2. The number of aryl methyl sites for hydroxylation is 2. The van der Waals surface area contributed by atoms with E-state index >= 15 is 0 Å². The SMILES string of the molecule is CN(C)[C@@H](O)CN(CCCCc1ccc2c(n1)NCCC2)CC[C@H](Nc1cc(-c2ccccc2)ccn1)C(=O)O. The maximum atomic E-state index is 12.1. The number of aliphatic hydroxyl groups is 1. The van der Waals surface area contributed by atoms with Gasteiger partial charge in [-0.05, 0) is 94.1 Å². The van der Waals surface area contributed by atoms with Crippen LogP contribution < -0.4 is 10.6 Å². The van der Waals surface area contributed by atoms with Gasteiger partial charge in [-0.25, -0.2) is 14.8 Å². The lowest BCUT2D eigenvalue weighted by Crippen LogP contribution is -2.43. The summed E-state index contributed by atoms with van der Waals surface area (Å²) in [6, 6.07) is 17.2. The van der Waals surface area contributed by atoms with Gasteiger partial charge in [-0.1, -0.05) is 36.4 Å². The van der Waals surface area contributed by atoms with E-state index in [2.05, 4.69) is 32.7 Å². The number of aromatic nitrogens is 2. The van der Waals surface area contributed by atoms with Crippen LogP contribution in [0.4, 0.5) is 11.6 Å². The van der Waals surface area contributed by atoms with E-state index in [0.29, 0.717) is 25.3 Å². The number of likely N-dealkylation sites (N-methyl/N-ethyl adjacent to an activating group) is 1. The lowest BCUT2D eigenvalue weighted by Gasteiger charge is -2.29. The summed E-state index contributed by atoms with van der Waals surface area (Å²) >= 11 is 0. The van der Waals surface area contributed by atoms with E-state index in [1.54, 1.807) is 11.1 Å². The summed E-state index contributed by atoms with van der Waals surface area (Å²) < 4.78 is 0. The molecule has 3 heterocycles. The van der Waals surface area contributed by atoms with Crippen molar-refractivity contribution in [2.45, 2.75) is 50.8 Å². The maximum absolute atomic E-state index is 12.1. The number of hydrogen-bond acceptors (Lipinski definition) is 8. The number of nitrogens with zero attached hydrogens (tertiary/aromatic N) is 4. The molecule has 1 aromatic carbocycles. The van der Waals surface area contributed by atoms with Crippen LogP contribution in [0.5, 0.6) is 0 Å². The third kappa shape index (κ3) is 8.74. The fourth-order valence-corrected chi connectivity index (χ4v) is 4.91. The van der Waals surface area contributed by atoms with E-state index in [0.717, 1.165) is 67.8 Å². The molecule has 0 radical (unpaired) electrons. The van der Waals surface area contributed by atoms with Crippen molar-refractivity contribution in [3.05, 3.63) is 72.1 Å². The van der Waals surface area contributed by atoms with Crippen LogP contribution in [0.3, 0.4) is 0 Å². The summed E-state index contributed by atoms with van der Waals surface area (Å²) in [7, 11) is 3.68. The summed E-state index contributed by atoms with van der Waals surface area (Å²) in [5.41, 5.74) is 4.41. The van der Waals surface area contributed by atoms with Crippen molar-refractivity contribution in [2.75, 3.05) is 50.9 Å². The first-order valence-corrected chi connectivity index (χ1v) is 14.2. The lowest BCUT2D eigenvalue weighted by molar-refractivity contribution is -0.138. The smallest absolute Gasteiger partial charge is 0.326 e. The van der Waals surface area contributed by atoms with Gasteiger partial charge in [0.1, 0.15) is 23.9 Å². The zero-order chi connectivity index (χ0) is 28.3. The third-order valence-corrected chi connectivity index (χ3v) is 7.35. The number of pyridine rings is 2. The third-order valence-electron chi connectivity index (χ3n) is 7.35.